The molecule has 0 aliphatic carbocycles. The van der Waals surface area contributed by atoms with Crippen LogP contribution in [0.25, 0.3) is 0 Å². The Kier molecular flexibility index (Phi) is 7.89. The van der Waals surface area contributed by atoms with Crippen molar-refractivity contribution in [2.45, 2.75) is 31.7 Å². The number of aryl methyl sites for hydroxylation is 1. The zero-order chi connectivity index (χ0) is 23.1. The van der Waals surface area contributed by atoms with Gasteiger partial charge in [0.15, 0.2) is 12.4 Å². The van der Waals surface area contributed by atoms with Gasteiger partial charge in [-0.25, -0.2) is 4.57 Å². The molecule has 10 nitrogen and oxygen atoms in total. The minimum absolute atomic E-state index is 0.00926. The van der Waals surface area contributed by atoms with Crippen molar-refractivity contribution < 1.29 is 35.8 Å². The Morgan fingerprint density at radius 2 is 1.61 bits per heavy atom. The smallest absolute Gasteiger partial charge is 0.427 e. The number of pyridine rings is 1. The molecule has 0 saturated carbocycles. The standard InChI is InChI=1S/C8H12N.C7H5NO3S.C4H5NO4S/c1-2-6-9-7-4-3-5-8-9;9-7-5-3-1-2-4-6(5)12(10,11)8-7;1-3-2-4(6)5-10(7,8)9-3/h3-5,7-8H,2,6H2,1H3;1-4H,(H,8,9);2H,1H3,(H,5,6)/q+1;;/p-2. The van der Waals surface area contributed by atoms with E-state index in [0.29, 0.717) is 0 Å². The van der Waals surface area contributed by atoms with Gasteiger partial charge in [0.1, 0.15) is 12.3 Å². The van der Waals surface area contributed by atoms with E-state index >= 15 is 0 Å². The fraction of sp³-hybridized carbons (Fsp3) is 0.211. The van der Waals surface area contributed by atoms with Gasteiger partial charge < -0.3 is 14.4 Å². The number of nitrogens with zero attached hydrogens (tertiary/aromatic N) is 3. The quantitative estimate of drug-likeness (QED) is 0.556. The van der Waals surface area contributed by atoms with Crippen LogP contribution in [-0.2, 0) is 31.1 Å². The number of rotatable bonds is 2. The van der Waals surface area contributed by atoms with E-state index in [-0.39, 0.29) is 16.2 Å². The molecular formula is C19H20N3O7S2-. The molecule has 0 amide bonds. The lowest BCUT2D eigenvalue weighted by molar-refractivity contribution is -0.697. The highest BCUT2D eigenvalue weighted by Crippen LogP contribution is 2.23. The van der Waals surface area contributed by atoms with Crippen LogP contribution in [0, 0.1) is 0 Å². The second kappa shape index (κ2) is 10.2. The van der Waals surface area contributed by atoms with Gasteiger partial charge in [0.05, 0.1) is 4.90 Å². The molecule has 2 aliphatic rings. The van der Waals surface area contributed by atoms with Crippen molar-refractivity contribution in [3.63, 3.8) is 0 Å². The summed E-state index contributed by atoms with van der Waals surface area (Å²) in [6, 6.07) is 12.1. The Morgan fingerprint density at radius 3 is 2.16 bits per heavy atom. The fourth-order valence-corrected chi connectivity index (χ4v) is 4.23. The Balaban J connectivity index is 0.000000167. The monoisotopic (exact) mass is 466 g/mol. The van der Waals surface area contributed by atoms with E-state index in [1.165, 1.54) is 25.5 Å². The van der Waals surface area contributed by atoms with Crippen LogP contribution in [0.15, 0.2) is 80.4 Å². The van der Waals surface area contributed by atoms with Crippen molar-refractivity contribution in [2.24, 2.45) is 8.80 Å². The molecule has 0 saturated heterocycles. The Hall–Kier alpha value is -3.25. The molecule has 0 spiro atoms. The molecule has 0 bridgehead atoms. The Labute approximate surface area is 180 Å². The van der Waals surface area contributed by atoms with Gasteiger partial charge in [0, 0.05) is 35.9 Å². The summed E-state index contributed by atoms with van der Waals surface area (Å²) in [4.78, 5) is 0.00926. The predicted octanol–water partition coefficient (Wildman–Crippen LogP) is -0.196. The van der Waals surface area contributed by atoms with E-state index in [9.17, 15) is 27.0 Å². The summed E-state index contributed by atoms with van der Waals surface area (Å²) in [7, 11) is -7.65. The second-order valence-electron chi connectivity index (χ2n) is 6.18. The summed E-state index contributed by atoms with van der Waals surface area (Å²) in [6.07, 6.45) is 6.38. The van der Waals surface area contributed by atoms with Crippen molar-refractivity contribution in [3.8, 4) is 0 Å². The van der Waals surface area contributed by atoms with Crippen molar-refractivity contribution in [3.05, 3.63) is 72.3 Å². The number of hydrogen-bond donors (Lipinski definition) is 0. The third-order valence-corrected chi connectivity index (χ3v) is 5.82. The van der Waals surface area contributed by atoms with E-state index in [0.717, 1.165) is 12.6 Å². The van der Waals surface area contributed by atoms with Crippen LogP contribution in [0.3, 0.4) is 0 Å². The van der Waals surface area contributed by atoms with Gasteiger partial charge in [-0.1, -0.05) is 31.2 Å². The molecule has 31 heavy (non-hydrogen) atoms. The molecule has 2 aromatic rings. The Bertz CT molecular complexity index is 1220. The van der Waals surface area contributed by atoms with Gasteiger partial charge in [0.2, 0.25) is 0 Å². The minimum atomic E-state index is -3.97. The zero-order valence-corrected chi connectivity index (χ0v) is 18.3. The molecule has 3 heterocycles. The first-order valence-electron chi connectivity index (χ1n) is 8.99. The van der Waals surface area contributed by atoms with Crippen molar-refractivity contribution in [2.75, 3.05) is 0 Å². The van der Waals surface area contributed by atoms with Gasteiger partial charge >= 0.3 is 10.3 Å². The van der Waals surface area contributed by atoms with E-state index < -0.39 is 32.1 Å². The molecule has 2 aliphatic heterocycles. The van der Waals surface area contributed by atoms with Crippen LogP contribution in [0.4, 0.5) is 0 Å². The average molecular weight is 467 g/mol. The molecule has 1 aromatic heterocycles. The summed E-state index contributed by atoms with van der Waals surface area (Å²) < 4.78 is 55.1. The Morgan fingerprint density at radius 1 is 0.968 bits per heavy atom. The number of allylic oxidation sites excluding steroid dienone is 1. The lowest BCUT2D eigenvalue weighted by Gasteiger charge is -2.12. The predicted molar refractivity (Wildman–Crippen MR) is 108 cm³/mol. The maximum atomic E-state index is 11.1. The van der Waals surface area contributed by atoms with Crippen LogP contribution in [0.1, 0.15) is 25.8 Å². The second-order valence-corrected chi connectivity index (χ2v) is 8.95. The van der Waals surface area contributed by atoms with Crippen LogP contribution in [0.2, 0.25) is 0 Å². The highest BCUT2D eigenvalue weighted by molar-refractivity contribution is 7.90. The summed E-state index contributed by atoms with van der Waals surface area (Å²) >= 11 is 0. The summed E-state index contributed by atoms with van der Waals surface area (Å²) in [6.45, 7) is 4.67. The SMILES string of the molecule is CC1=CC([O-])=NS(=O)(=O)O1.CCC[n+]1ccccc1.O=S1(=O)N=C([O-])c2ccccc21. The summed E-state index contributed by atoms with van der Waals surface area (Å²) in [5.41, 5.74) is 0.164. The van der Waals surface area contributed by atoms with Crippen LogP contribution in [-0.4, -0.2) is 28.6 Å². The first-order chi connectivity index (χ1) is 14.5. The fourth-order valence-electron chi connectivity index (χ4n) is 2.44. The van der Waals surface area contributed by atoms with Gasteiger partial charge in [-0.2, -0.15) is 21.2 Å². The van der Waals surface area contributed by atoms with Crippen molar-refractivity contribution >= 4 is 32.1 Å². The first kappa shape index (κ1) is 24.0. The topological polar surface area (TPSA) is 152 Å². The van der Waals surface area contributed by atoms with Crippen molar-refractivity contribution in [1.29, 1.82) is 0 Å². The van der Waals surface area contributed by atoms with E-state index in [1.807, 2.05) is 6.07 Å². The third kappa shape index (κ3) is 7.19. The first-order valence-corrected chi connectivity index (χ1v) is 11.8. The summed E-state index contributed by atoms with van der Waals surface area (Å²) in [5.74, 6) is -1.44. The number of fused-ring (bicyclic) bond motifs is 1. The molecular weight excluding hydrogens is 446 g/mol. The highest BCUT2D eigenvalue weighted by Gasteiger charge is 2.22. The molecule has 12 heteroatoms. The molecule has 0 radical (unpaired) electrons. The van der Waals surface area contributed by atoms with Crippen molar-refractivity contribution in [1.82, 2.24) is 0 Å². The van der Waals surface area contributed by atoms with E-state index in [4.69, 9.17) is 0 Å². The molecule has 1 aromatic carbocycles. The average Bonchev–Trinajstić information content (AvgIpc) is 2.91. The third-order valence-electron chi connectivity index (χ3n) is 3.62. The molecule has 0 N–H and O–H groups in total. The van der Waals surface area contributed by atoms with Crippen LogP contribution < -0.4 is 14.8 Å². The number of aromatic nitrogens is 1. The molecule has 0 atom stereocenters. The van der Waals surface area contributed by atoms with E-state index in [1.54, 1.807) is 12.1 Å². The van der Waals surface area contributed by atoms with Gasteiger partial charge in [-0.15, -0.1) is 4.40 Å². The van der Waals surface area contributed by atoms with Gasteiger partial charge in [-0.3, -0.25) is 0 Å². The van der Waals surface area contributed by atoms with Crippen LogP contribution in [0.5, 0.6) is 0 Å². The highest BCUT2D eigenvalue weighted by atomic mass is 32.2. The normalized spacial score (nSPS) is 17.2. The molecule has 0 unspecified atom stereocenters. The maximum absolute atomic E-state index is 11.1. The van der Waals surface area contributed by atoms with Gasteiger partial charge in [0.25, 0.3) is 10.0 Å². The lowest BCUT2D eigenvalue weighted by atomic mass is 10.2. The molecule has 166 valence electrons. The molecule has 0 fully saturated rings. The van der Waals surface area contributed by atoms with Crippen LogP contribution >= 0.6 is 0 Å². The van der Waals surface area contributed by atoms with E-state index in [2.05, 4.69) is 49.0 Å². The lowest BCUT2D eigenvalue weighted by Crippen LogP contribution is -2.31. The molecule has 4 rings (SSSR count). The maximum Gasteiger partial charge on any atom is 0.427 e. The largest absolute Gasteiger partial charge is 0.858 e. The number of hydrogen-bond acceptors (Lipinski definition) is 7. The summed E-state index contributed by atoms with van der Waals surface area (Å²) in [5, 5.41) is 21.3. The van der Waals surface area contributed by atoms with Gasteiger partial charge in [-0.05, 0) is 19.1 Å². The zero-order valence-electron chi connectivity index (χ0n) is 16.7. The minimum Gasteiger partial charge on any atom is -0.858 e. The number of sulfonamides is 1. The number of benzene rings is 1.